The Labute approximate surface area is 251 Å². The minimum atomic E-state index is -4.07. The average molecular weight is 623 g/mol. The van der Waals surface area contributed by atoms with Crippen LogP contribution in [0.1, 0.15) is 40.1 Å². The molecule has 1 aromatic heterocycles. The standard InChI is InChI=1S/C31H28FN2O9P/c1-3-40-31(38)19(2)42-44(39,43-22-8-5-4-6-9-22)17-16-41-28-23-10-7-15-33-26(23)27(35)24-25(28)30(37)34(29(24)36)18-20-11-13-21(32)14-12-20/h4-15,19,35H,3,16-18H2,1-2H3/t19-,44?/m0/s1. The molecule has 5 rings (SSSR count). The first-order chi connectivity index (χ1) is 21.1. The number of carbonyl (C=O) groups excluding carboxylic acids is 3. The van der Waals surface area contributed by atoms with E-state index in [1.54, 1.807) is 49.4 Å². The van der Waals surface area contributed by atoms with Crippen LogP contribution >= 0.6 is 7.60 Å². The Bertz CT molecular complexity index is 1770. The summed E-state index contributed by atoms with van der Waals surface area (Å²) < 4.78 is 49.6. The number of halogens is 1. The van der Waals surface area contributed by atoms with Crippen LogP contribution in [0, 0.1) is 5.82 Å². The van der Waals surface area contributed by atoms with Crippen molar-refractivity contribution in [3.8, 4) is 17.2 Å². The van der Waals surface area contributed by atoms with Crippen LogP contribution in [0.4, 0.5) is 4.39 Å². The van der Waals surface area contributed by atoms with Crippen molar-refractivity contribution >= 4 is 36.3 Å². The lowest BCUT2D eigenvalue weighted by molar-refractivity contribution is -0.150. The number of para-hydroxylation sites is 1. The number of aromatic nitrogens is 1. The third-order valence-corrected chi connectivity index (χ3v) is 8.56. The van der Waals surface area contributed by atoms with E-state index in [2.05, 4.69) is 4.98 Å². The molecular weight excluding hydrogens is 594 g/mol. The van der Waals surface area contributed by atoms with Gasteiger partial charge in [-0.25, -0.2) is 13.8 Å². The van der Waals surface area contributed by atoms with Crippen LogP contribution in [0.2, 0.25) is 0 Å². The minimum absolute atomic E-state index is 0.0157. The van der Waals surface area contributed by atoms with Gasteiger partial charge in [-0.1, -0.05) is 30.3 Å². The molecule has 1 aliphatic rings. The number of esters is 1. The molecule has 2 amide bonds. The Balaban J connectivity index is 1.46. The van der Waals surface area contributed by atoms with Crippen molar-refractivity contribution in [2.45, 2.75) is 26.5 Å². The lowest BCUT2D eigenvalue weighted by atomic mass is 10.0. The fraction of sp³-hybridized carbons (Fsp3) is 0.226. The van der Waals surface area contributed by atoms with Crippen molar-refractivity contribution in [2.24, 2.45) is 0 Å². The monoisotopic (exact) mass is 622 g/mol. The van der Waals surface area contributed by atoms with E-state index < -0.39 is 43.1 Å². The molecule has 228 valence electrons. The van der Waals surface area contributed by atoms with E-state index in [9.17, 15) is 28.4 Å². The van der Waals surface area contributed by atoms with Gasteiger partial charge in [0.15, 0.2) is 11.9 Å². The van der Waals surface area contributed by atoms with Crippen molar-refractivity contribution in [2.75, 3.05) is 19.4 Å². The number of ether oxygens (including phenoxy) is 2. The molecule has 0 spiro atoms. The van der Waals surface area contributed by atoms with Gasteiger partial charge in [0.1, 0.15) is 35.0 Å². The van der Waals surface area contributed by atoms with Crippen molar-refractivity contribution < 1.29 is 47.0 Å². The Hall–Kier alpha value is -4.80. The van der Waals surface area contributed by atoms with Crippen molar-refractivity contribution in [1.82, 2.24) is 9.88 Å². The molecule has 13 heteroatoms. The highest BCUT2D eigenvalue weighted by atomic mass is 31.2. The van der Waals surface area contributed by atoms with Gasteiger partial charge in [0.2, 0.25) is 0 Å². The SMILES string of the molecule is CCOC(=O)[C@H](C)OP(=O)(CCOc1c2c(c(O)c3ncccc13)C(=O)N(Cc1ccc(F)cc1)C2=O)Oc1ccccc1. The third kappa shape index (κ3) is 6.27. The number of pyridine rings is 1. The summed E-state index contributed by atoms with van der Waals surface area (Å²) in [5, 5.41) is 11.3. The zero-order valence-electron chi connectivity index (χ0n) is 23.8. The molecule has 0 fully saturated rings. The molecule has 0 bridgehead atoms. The average Bonchev–Trinajstić information content (AvgIpc) is 3.25. The summed E-state index contributed by atoms with van der Waals surface area (Å²) in [6.07, 6.45) is -0.195. The maximum Gasteiger partial charge on any atom is 0.383 e. The summed E-state index contributed by atoms with van der Waals surface area (Å²) in [7, 11) is -4.07. The highest BCUT2D eigenvalue weighted by molar-refractivity contribution is 7.54. The van der Waals surface area contributed by atoms with Gasteiger partial charge in [0.25, 0.3) is 11.8 Å². The molecule has 1 unspecified atom stereocenters. The van der Waals surface area contributed by atoms with Gasteiger partial charge in [-0.05, 0) is 55.8 Å². The molecular formula is C31H28FN2O9P. The second-order valence-corrected chi connectivity index (χ2v) is 11.8. The number of phenolic OH excluding ortho intramolecular Hbond substituents is 1. The highest BCUT2D eigenvalue weighted by Crippen LogP contribution is 2.50. The number of fused-ring (bicyclic) bond motifs is 2. The topological polar surface area (TPSA) is 142 Å². The minimum Gasteiger partial charge on any atom is -0.505 e. The molecule has 1 N–H and O–H groups in total. The van der Waals surface area contributed by atoms with Gasteiger partial charge >= 0.3 is 13.6 Å². The van der Waals surface area contributed by atoms with E-state index in [4.69, 9.17) is 18.5 Å². The lowest BCUT2D eigenvalue weighted by Gasteiger charge is -2.23. The number of carbonyl (C=O) groups is 3. The smallest absolute Gasteiger partial charge is 0.383 e. The van der Waals surface area contributed by atoms with Crippen molar-refractivity contribution in [3.05, 3.63) is 95.4 Å². The molecule has 4 aromatic rings. The third-order valence-electron chi connectivity index (χ3n) is 6.70. The zero-order valence-corrected chi connectivity index (χ0v) is 24.7. The van der Waals surface area contributed by atoms with E-state index in [0.717, 1.165) is 4.90 Å². The first-order valence-electron chi connectivity index (χ1n) is 13.7. The Morgan fingerprint density at radius 3 is 2.43 bits per heavy atom. The van der Waals surface area contributed by atoms with Crippen LogP contribution in [-0.2, 0) is 25.2 Å². The van der Waals surface area contributed by atoms with Gasteiger partial charge in [-0.3, -0.25) is 24.0 Å². The number of benzene rings is 3. The maximum absolute atomic E-state index is 13.9. The van der Waals surface area contributed by atoms with Crippen LogP contribution in [0.25, 0.3) is 10.9 Å². The van der Waals surface area contributed by atoms with Crippen LogP contribution in [-0.4, -0.2) is 58.3 Å². The van der Waals surface area contributed by atoms with Gasteiger partial charge in [-0.2, -0.15) is 0 Å². The van der Waals surface area contributed by atoms with Crippen LogP contribution in [0.5, 0.6) is 17.2 Å². The Morgan fingerprint density at radius 2 is 1.73 bits per heavy atom. The number of hydrogen-bond acceptors (Lipinski definition) is 10. The number of rotatable bonds is 12. The summed E-state index contributed by atoms with van der Waals surface area (Å²) in [4.78, 5) is 44.4. The number of imide groups is 1. The Kier molecular flexibility index (Phi) is 8.93. The number of amides is 2. The van der Waals surface area contributed by atoms with Crippen molar-refractivity contribution in [3.63, 3.8) is 0 Å². The molecule has 0 saturated heterocycles. The summed E-state index contributed by atoms with van der Waals surface area (Å²) in [5.74, 6) is -3.07. The summed E-state index contributed by atoms with van der Waals surface area (Å²) >= 11 is 0. The zero-order chi connectivity index (χ0) is 31.4. The second kappa shape index (κ2) is 12.8. The van der Waals surface area contributed by atoms with E-state index in [1.807, 2.05) is 0 Å². The van der Waals surface area contributed by atoms with Crippen LogP contribution in [0.3, 0.4) is 0 Å². The predicted molar refractivity (Wildman–Crippen MR) is 156 cm³/mol. The fourth-order valence-corrected chi connectivity index (χ4v) is 6.23. The van der Waals surface area contributed by atoms with Gasteiger partial charge in [-0.15, -0.1) is 0 Å². The molecule has 44 heavy (non-hydrogen) atoms. The highest BCUT2D eigenvalue weighted by Gasteiger charge is 2.43. The van der Waals surface area contributed by atoms with Gasteiger partial charge in [0.05, 0.1) is 24.9 Å². The van der Waals surface area contributed by atoms with Gasteiger partial charge < -0.3 is 19.1 Å². The van der Waals surface area contributed by atoms with E-state index in [0.29, 0.717) is 5.56 Å². The molecule has 1 aliphatic heterocycles. The quantitative estimate of drug-likeness (QED) is 0.122. The molecule has 0 aliphatic carbocycles. The second-order valence-electron chi connectivity index (χ2n) is 9.74. The van der Waals surface area contributed by atoms with Gasteiger partial charge in [0, 0.05) is 11.6 Å². The van der Waals surface area contributed by atoms with E-state index >= 15 is 0 Å². The van der Waals surface area contributed by atoms with E-state index in [-0.39, 0.29) is 59.4 Å². The number of hydrogen-bond donors (Lipinski definition) is 1. The normalized spacial score (nSPS) is 14.7. The lowest BCUT2D eigenvalue weighted by Crippen LogP contribution is -2.29. The molecule has 3 aromatic carbocycles. The van der Waals surface area contributed by atoms with Crippen LogP contribution < -0.4 is 9.26 Å². The number of nitrogens with zero attached hydrogens (tertiary/aromatic N) is 2. The first-order valence-corrected chi connectivity index (χ1v) is 15.4. The summed E-state index contributed by atoms with van der Waals surface area (Å²) in [6, 6.07) is 16.6. The Morgan fingerprint density at radius 1 is 1.02 bits per heavy atom. The number of phenols is 1. The summed E-state index contributed by atoms with van der Waals surface area (Å²) in [6.45, 7) is 2.57. The largest absolute Gasteiger partial charge is 0.505 e. The fourth-order valence-electron chi connectivity index (χ4n) is 4.67. The molecule has 2 atom stereocenters. The molecule has 11 nitrogen and oxygen atoms in total. The maximum atomic E-state index is 13.9. The first kappa shape index (κ1) is 30.7. The summed E-state index contributed by atoms with van der Waals surface area (Å²) in [5.41, 5.74) is 0.00305. The van der Waals surface area contributed by atoms with Crippen molar-refractivity contribution in [1.29, 1.82) is 0 Å². The van der Waals surface area contributed by atoms with Crippen LogP contribution in [0.15, 0.2) is 72.9 Å². The molecule has 0 saturated carbocycles. The van der Waals surface area contributed by atoms with E-state index in [1.165, 1.54) is 37.4 Å². The molecule has 0 radical (unpaired) electrons. The number of aromatic hydroxyl groups is 1. The predicted octanol–water partition coefficient (Wildman–Crippen LogP) is 5.49. The molecule has 2 heterocycles.